The van der Waals surface area contributed by atoms with Crippen molar-refractivity contribution in [2.45, 2.75) is 57.9 Å². The number of carbonyl (C=O) groups excluding carboxylic acids is 1. The van der Waals surface area contributed by atoms with E-state index in [2.05, 4.69) is 26.6 Å². The maximum absolute atomic E-state index is 11.4. The van der Waals surface area contributed by atoms with Gasteiger partial charge in [-0.1, -0.05) is 39.4 Å². The molecule has 0 unspecified atom stereocenters. The molecule has 0 aromatic rings. The lowest BCUT2D eigenvalue weighted by Gasteiger charge is -2.16. The van der Waals surface area contributed by atoms with Crippen LogP contribution in [-0.2, 0) is 9.53 Å². The van der Waals surface area contributed by atoms with Crippen LogP contribution >= 0.6 is 0 Å². The molecule has 0 aromatic heterocycles. The van der Waals surface area contributed by atoms with E-state index in [-0.39, 0.29) is 5.97 Å². The van der Waals surface area contributed by atoms with E-state index in [4.69, 9.17) is 10.5 Å². The summed E-state index contributed by atoms with van der Waals surface area (Å²) in [5, 5.41) is 0. The maximum Gasteiger partial charge on any atom is 0.322 e. The highest BCUT2D eigenvalue weighted by Gasteiger charge is 2.17. The van der Waals surface area contributed by atoms with Crippen LogP contribution in [0.2, 0.25) is 25.7 Å². The number of hydrogen-bond donors (Lipinski definition) is 1. The molecule has 1 atom stereocenters. The molecule has 2 N–H and O–H groups in total. The van der Waals surface area contributed by atoms with Crippen molar-refractivity contribution in [2.75, 3.05) is 6.61 Å². The molecule has 0 aliphatic heterocycles. The molecule has 4 heteroatoms. The van der Waals surface area contributed by atoms with Crippen molar-refractivity contribution in [3.8, 4) is 0 Å². The Morgan fingerprint density at radius 2 is 2.00 bits per heavy atom. The summed E-state index contributed by atoms with van der Waals surface area (Å²) in [6, 6.07) is 0.589. The smallest absolute Gasteiger partial charge is 0.322 e. The Morgan fingerprint density at radius 1 is 1.40 bits per heavy atom. The molecule has 0 aromatic carbocycles. The molecular formula is C11H25NO2Si. The second-order valence-electron chi connectivity index (χ2n) is 5.23. The first-order chi connectivity index (χ1) is 6.87. The minimum absolute atomic E-state index is 0.235. The van der Waals surface area contributed by atoms with Gasteiger partial charge in [0, 0.05) is 8.07 Å². The molecule has 0 amide bonds. The third-order valence-corrected chi connectivity index (χ3v) is 3.97. The highest BCUT2D eigenvalue weighted by molar-refractivity contribution is 6.76. The Balaban J connectivity index is 3.64. The number of carbonyl (C=O) groups is 1. The summed E-state index contributed by atoms with van der Waals surface area (Å²) < 4.78 is 5.15. The first kappa shape index (κ1) is 14.6. The van der Waals surface area contributed by atoms with E-state index in [0.717, 1.165) is 25.3 Å². The molecule has 0 saturated carbocycles. The third-order valence-electron chi connectivity index (χ3n) is 2.27. The van der Waals surface area contributed by atoms with Gasteiger partial charge in [-0.05, 0) is 12.5 Å². The van der Waals surface area contributed by atoms with Gasteiger partial charge in [-0.2, -0.15) is 0 Å². The molecule has 0 aliphatic carbocycles. The zero-order valence-corrected chi connectivity index (χ0v) is 11.5. The summed E-state index contributed by atoms with van der Waals surface area (Å²) in [5.41, 5.74) is 5.69. The van der Waals surface area contributed by atoms with Gasteiger partial charge in [0.15, 0.2) is 0 Å². The van der Waals surface area contributed by atoms with Crippen LogP contribution in [0.15, 0.2) is 0 Å². The Morgan fingerprint density at radius 3 is 2.47 bits per heavy atom. The monoisotopic (exact) mass is 231 g/mol. The molecule has 0 heterocycles. The summed E-state index contributed by atoms with van der Waals surface area (Å²) in [7, 11) is -1.10. The summed E-state index contributed by atoms with van der Waals surface area (Å²) in [6.45, 7) is 9.41. The van der Waals surface area contributed by atoms with E-state index in [1.54, 1.807) is 0 Å². The molecule has 0 aliphatic rings. The Labute approximate surface area is 94.4 Å². The average Bonchev–Trinajstić information content (AvgIpc) is 2.11. The largest absolute Gasteiger partial charge is 0.465 e. The Kier molecular flexibility index (Phi) is 6.84. The van der Waals surface area contributed by atoms with Gasteiger partial charge in [0.2, 0.25) is 0 Å². The summed E-state index contributed by atoms with van der Waals surface area (Å²) in [5.74, 6) is -0.235. The van der Waals surface area contributed by atoms with Gasteiger partial charge in [-0.25, -0.2) is 0 Å². The first-order valence-corrected chi connectivity index (χ1v) is 9.49. The van der Waals surface area contributed by atoms with Crippen molar-refractivity contribution < 1.29 is 9.53 Å². The third kappa shape index (κ3) is 8.63. The normalized spacial score (nSPS) is 13.7. The minimum Gasteiger partial charge on any atom is -0.465 e. The molecule has 0 rings (SSSR count). The lowest BCUT2D eigenvalue weighted by atomic mass is 10.1. The van der Waals surface area contributed by atoms with Gasteiger partial charge in [0.1, 0.15) is 6.04 Å². The maximum atomic E-state index is 11.4. The number of esters is 1. The lowest BCUT2D eigenvalue weighted by Crippen LogP contribution is -2.33. The molecule has 0 spiro atoms. The zero-order valence-electron chi connectivity index (χ0n) is 10.5. The second kappa shape index (κ2) is 7.01. The Hall–Kier alpha value is -0.353. The van der Waals surface area contributed by atoms with Gasteiger partial charge in [0.25, 0.3) is 0 Å². The van der Waals surface area contributed by atoms with Crippen LogP contribution in [0, 0.1) is 0 Å². The van der Waals surface area contributed by atoms with E-state index < -0.39 is 14.1 Å². The van der Waals surface area contributed by atoms with E-state index in [0.29, 0.717) is 6.61 Å². The van der Waals surface area contributed by atoms with Crippen LogP contribution in [-0.4, -0.2) is 26.7 Å². The van der Waals surface area contributed by atoms with Gasteiger partial charge in [-0.3, -0.25) is 4.79 Å². The standard InChI is InChI=1S/C11H25NO2Si/c1-5-6-7-10(12)11(13)14-8-9-15(2,3)4/h10H,5-9,12H2,1-4H3/t10-/m0/s1. The van der Waals surface area contributed by atoms with Crippen molar-refractivity contribution in [1.82, 2.24) is 0 Å². The fourth-order valence-corrected chi connectivity index (χ4v) is 1.82. The predicted molar refractivity (Wildman–Crippen MR) is 66.6 cm³/mol. The minimum atomic E-state index is -1.10. The molecule has 0 fully saturated rings. The molecule has 0 bridgehead atoms. The molecule has 0 saturated heterocycles. The predicted octanol–water partition coefficient (Wildman–Crippen LogP) is 2.39. The number of hydrogen-bond acceptors (Lipinski definition) is 3. The topological polar surface area (TPSA) is 52.3 Å². The summed E-state index contributed by atoms with van der Waals surface area (Å²) in [6.07, 6.45) is 2.79. The van der Waals surface area contributed by atoms with Crippen LogP contribution < -0.4 is 5.73 Å². The van der Waals surface area contributed by atoms with Crippen molar-refractivity contribution in [3.05, 3.63) is 0 Å². The molecular weight excluding hydrogens is 206 g/mol. The van der Waals surface area contributed by atoms with Crippen LogP contribution in [0.4, 0.5) is 0 Å². The number of unbranched alkanes of at least 4 members (excludes halogenated alkanes) is 1. The first-order valence-electron chi connectivity index (χ1n) is 5.79. The van der Waals surface area contributed by atoms with E-state index in [1.807, 2.05) is 0 Å². The highest BCUT2D eigenvalue weighted by Crippen LogP contribution is 2.08. The highest BCUT2D eigenvalue weighted by atomic mass is 28.3. The van der Waals surface area contributed by atoms with Crippen molar-refractivity contribution in [2.24, 2.45) is 5.73 Å². The molecule has 0 radical (unpaired) electrons. The van der Waals surface area contributed by atoms with E-state index in [1.165, 1.54) is 0 Å². The second-order valence-corrected chi connectivity index (χ2v) is 10.8. The summed E-state index contributed by atoms with van der Waals surface area (Å²) in [4.78, 5) is 11.4. The molecule has 90 valence electrons. The van der Waals surface area contributed by atoms with E-state index in [9.17, 15) is 4.79 Å². The van der Waals surface area contributed by atoms with Gasteiger partial charge in [0.05, 0.1) is 6.61 Å². The fraction of sp³-hybridized carbons (Fsp3) is 0.909. The van der Waals surface area contributed by atoms with Gasteiger partial charge < -0.3 is 10.5 Å². The van der Waals surface area contributed by atoms with Crippen molar-refractivity contribution >= 4 is 14.0 Å². The summed E-state index contributed by atoms with van der Waals surface area (Å²) >= 11 is 0. The number of ether oxygens (including phenoxy) is 1. The number of rotatable bonds is 7. The fourth-order valence-electron chi connectivity index (χ4n) is 1.11. The van der Waals surface area contributed by atoms with Gasteiger partial charge >= 0.3 is 5.97 Å². The zero-order chi connectivity index (χ0) is 11.9. The van der Waals surface area contributed by atoms with Crippen LogP contribution in [0.1, 0.15) is 26.2 Å². The number of nitrogens with two attached hydrogens (primary N) is 1. The lowest BCUT2D eigenvalue weighted by molar-refractivity contribution is -0.144. The molecule has 15 heavy (non-hydrogen) atoms. The van der Waals surface area contributed by atoms with Crippen LogP contribution in [0.25, 0.3) is 0 Å². The average molecular weight is 231 g/mol. The quantitative estimate of drug-likeness (QED) is 0.540. The Bertz CT molecular complexity index is 190. The van der Waals surface area contributed by atoms with Crippen molar-refractivity contribution in [1.29, 1.82) is 0 Å². The van der Waals surface area contributed by atoms with Crippen molar-refractivity contribution in [3.63, 3.8) is 0 Å². The van der Waals surface area contributed by atoms with Crippen LogP contribution in [0.5, 0.6) is 0 Å². The molecule has 3 nitrogen and oxygen atoms in total. The van der Waals surface area contributed by atoms with E-state index >= 15 is 0 Å². The SMILES string of the molecule is CCCC[C@H](N)C(=O)OCC[Si](C)(C)C. The van der Waals surface area contributed by atoms with Crippen LogP contribution in [0.3, 0.4) is 0 Å². The van der Waals surface area contributed by atoms with Gasteiger partial charge in [-0.15, -0.1) is 0 Å².